The second-order valence-electron chi connectivity index (χ2n) is 10.8. The molecule has 41 heavy (non-hydrogen) atoms. The average Bonchev–Trinajstić information content (AvgIpc) is 3.45. The first-order valence-electron chi connectivity index (χ1n) is 14.5. The molecule has 1 fully saturated rings. The van der Waals surface area contributed by atoms with E-state index in [1.165, 1.54) is 0 Å². The molecule has 228 valence electrons. The van der Waals surface area contributed by atoms with Crippen molar-refractivity contribution in [1.82, 2.24) is 20.9 Å². The van der Waals surface area contributed by atoms with Crippen LogP contribution in [0.25, 0.3) is 10.8 Å². The van der Waals surface area contributed by atoms with Gasteiger partial charge in [-0.15, -0.1) is 12.4 Å². The van der Waals surface area contributed by atoms with Gasteiger partial charge >= 0.3 is 0 Å². The fraction of sp³-hybridized carbons (Fsp3) is 0.581. The summed E-state index contributed by atoms with van der Waals surface area (Å²) in [6.45, 7) is 7.32. The molecule has 0 saturated carbocycles. The molecule has 3 rings (SSSR count). The standard InChI is InChI=1S/C31H46N4O5.ClH/c1-5-23(6-2)31(39)35-15-9-12-28(35)30(38)34-27(17-22-13-14-24-10-7-8-11-25(24)16-22)29(37)33-19-26(36)18-32-21(3)20-40-4;/h7-8,10-11,13-14,16,21,23,26-28,32,36H,5-6,9,12,15,17-20H2,1-4H3,(H,33,37)(H,34,38);1H/t21?,26?,27-,28?;/m1./s1. The summed E-state index contributed by atoms with van der Waals surface area (Å²) < 4.78 is 5.10. The minimum atomic E-state index is -0.855. The van der Waals surface area contributed by atoms with Gasteiger partial charge in [0.15, 0.2) is 0 Å². The van der Waals surface area contributed by atoms with Crippen LogP contribution in [0.2, 0.25) is 0 Å². The van der Waals surface area contributed by atoms with Gasteiger partial charge in [0, 0.05) is 45.1 Å². The van der Waals surface area contributed by atoms with Gasteiger partial charge in [0.2, 0.25) is 17.7 Å². The second-order valence-corrected chi connectivity index (χ2v) is 10.8. The van der Waals surface area contributed by atoms with Gasteiger partial charge in [-0.1, -0.05) is 56.3 Å². The lowest BCUT2D eigenvalue weighted by atomic mass is 10.00. The van der Waals surface area contributed by atoms with E-state index >= 15 is 0 Å². The molecule has 0 spiro atoms. The molecule has 4 N–H and O–H groups in total. The van der Waals surface area contributed by atoms with Crippen molar-refractivity contribution in [2.75, 3.05) is 33.4 Å². The molecule has 3 unspecified atom stereocenters. The fourth-order valence-corrected chi connectivity index (χ4v) is 5.31. The minimum Gasteiger partial charge on any atom is -0.390 e. The first-order chi connectivity index (χ1) is 19.3. The summed E-state index contributed by atoms with van der Waals surface area (Å²) in [7, 11) is 1.62. The van der Waals surface area contributed by atoms with Crippen LogP contribution in [-0.2, 0) is 25.5 Å². The maximum absolute atomic E-state index is 13.5. The Morgan fingerprint density at radius 1 is 1.07 bits per heavy atom. The number of methoxy groups -OCH3 is 1. The Morgan fingerprint density at radius 2 is 1.78 bits per heavy atom. The van der Waals surface area contributed by atoms with Crippen LogP contribution in [0, 0.1) is 5.92 Å². The highest BCUT2D eigenvalue weighted by atomic mass is 35.5. The monoisotopic (exact) mass is 590 g/mol. The van der Waals surface area contributed by atoms with Gasteiger partial charge in [0.25, 0.3) is 0 Å². The zero-order valence-corrected chi connectivity index (χ0v) is 25.5. The van der Waals surface area contributed by atoms with Crippen molar-refractivity contribution in [2.45, 2.75) is 77.1 Å². The molecule has 0 bridgehead atoms. The van der Waals surface area contributed by atoms with Crippen LogP contribution >= 0.6 is 12.4 Å². The minimum absolute atomic E-state index is 0. The summed E-state index contributed by atoms with van der Waals surface area (Å²) in [6.07, 6.45) is 2.28. The number of aliphatic hydroxyl groups is 1. The Kier molecular flexibility index (Phi) is 14.5. The van der Waals surface area contributed by atoms with E-state index in [1.54, 1.807) is 12.0 Å². The summed E-state index contributed by atoms with van der Waals surface area (Å²) in [5.41, 5.74) is 0.908. The Hall–Kier alpha value is -2.72. The van der Waals surface area contributed by atoms with Gasteiger partial charge < -0.3 is 30.7 Å². The van der Waals surface area contributed by atoms with E-state index in [9.17, 15) is 19.5 Å². The van der Waals surface area contributed by atoms with Crippen LogP contribution in [-0.4, -0.2) is 85.3 Å². The molecule has 0 aliphatic carbocycles. The molecule has 1 aliphatic heterocycles. The second kappa shape index (κ2) is 17.3. The lowest BCUT2D eigenvalue weighted by molar-refractivity contribution is -0.142. The quantitative estimate of drug-likeness (QED) is 0.253. The number of ether oxygens (including phenoxy) is 1. The van der Waals surface area contributed by atoms with Gasteiger partial charge in [-0.25, -0.2) is 0 Å². The van der Waals surface area contributed by atoms with Gasteiger partial charge in [-0.05, 0) is 48.9 Å². The van der Waals surface area contributed by atoms with Crippen molar-refractivity contribution >= 4 is 40.9 Å². The van der Waals surface area contributed by atoms with E-state index in [1.807, 2.05) is 63.2 Å². The molecule has 3 amide bonds. The van der Waals surface area contributed by atoms with E-state index in [4.69, 9.17) is 4.74 Å². The summed E-state index contributed by atoms with van der Waals surface area (Å²) in [6, 6.07) is 12.6. The van der Waals surface area contributed by atoms with Crippen molar-refractivity contribution in [2.24, 2.45) is 5.92 Å². The summed E-state index contributed by atoms with van der Waals surface area (Å²) in [4.78, 5) is 41.7. The highest BCUT2D eigenvalue weighted by molar-refractivity contribution is 5.93. The van der Waals surface area contributed by atoms with Crippen molar-refractivity contribution in [3.8, 4) is 0 Å². The molecule has 2 aromatic carbocycles. The zero-order chi connectivity index (χ0) is 29.1. The number of carbonyl (C=O) groups is 3. The van der Waals surface area contributed by atoms with Gasteiger partial charge in [-0.3, -0.25) is 14.4 Å². The molecule has 1 saturated heterocycles. The number of halogens is 1. The number of likely N-dealkylation sites (tertiary alicyclic amines) is 1. The van der Waals surface area contributed by atoms with E-state index in [2.05, 4.69) is 16.0 Å². The van der Waals surface area contributed by atoms with Gasteiger partial charge in [-0.2, -0.15) is 0 Å². The Labute approximate surface area is 250 Å². The number of aliphatic hydroxyl groups excluding tert-OH is 1. The maximum Gasteiger partial charge on any atom is 0.243 e. The predicted molar refractivity (Wildman–Crippen MR) is 164 cm³/mol. The highest BCUT2D eigenvalue weighted by Crippen LogP contribution is 2.23. The smallest absolute Gasteiger partial charge is 0.243 e. The van der Waals surface area contributed by atoms with E-state index in [0.29, 0.717) is 26.1 Å². The Balaban J connectivity index is 0.00000588. The summed E-state index contributed by atoms with van der Waals surface area (Å²) in [5.74, 6) is -0.780. The highest BCUT2D eigenvalue weighted by Gasteiger charge is 2.37. The van der Waals surface area contributed by atoms with Crippen molar-refractivity contribution in [3.05, 3.63) is 48.0 Å². The first-order valence-corrected chi connectivity index (χ1v) is 14.5. The lowest BCUT2D eigenvalue weighted by Gasteiger charge is -2.29. The number of amides is 3. The van der Waals surface area contributed by atoms with Gasteiger partial charge in [0.1, 0.15) is 12.1 Å². The molecule has 0 aromatic heterocycles. The number of carbonyl (C=O) groups excluding carboxylic acids is 3. The van der Waals surface area contributed by atoms with Crippen molar-refractivity contribution < 1.29 is 24.2 Å². The SMILES string of the molecule is CCC(CC)C(=O)N1CCCC1C(=O)N[C@H](Cc1ccc2ccccc2c1)C(=O)NCC(O)CNC(C)COC.Cl. The molecule has 2 aromatic rings. The third-order valence-electron chi connectivity index (χ3n) is 7.69. The number of hydrogen-bond acceptors (Lipinski definition) is 6. The zero-order valence-electron chi connectivity index (χ0n) is 24.7. The molecule has 1 heterocycles. The van der Waals surface area contributed by atoms with Crippen LogP contribution in [0.4, 0.5) is 0 Å². The topological polar surface area (TPSA) is 120 Å². The number of benzene rings is 2. The van der Waals surface area contributed by atoms with Gasteiger partial charge in [0.05, 0.1) is 12.7 Å². The Bertz CT molecular complexity index is 1130. The molecule has 1 aliphatic rings. The first kappa shape index (κ1) is 34.5. The molecule has 9 nitrogen and oxygen atoms in total. The number of hydrogen-bond donors (Lipinski definition) is 4. The fourth-order valence-electron chi connectivity index (χ4n) is 5.31. The Morgan fingerprint density at radius 3 is 2.46 bits per heavy atom. The lowest BCUT2D eigenvalue weighted by Crippen LogP contribution is -2.55. The average molecular weight is 591 g/mol. The molecular weight excluding hydrogens is 544 g/mol. The predicted octanol–water partition coefficient (Wildman–Crippen LogP) is 2.82. The molecule has 4 atom stereocenters. The normalized spacial score (nSPS) is 17.1. The number of rotatable bonds is 15. The van der Waals surface area contributed by atoms with Crippen LogP contribution in [0.1, 0.15) is 52.0 Å². The summed E-state index contributed by atoms with van der Waals surface area (Å²) >= 11 is 0. The molecule has 10 heteroatoms. The largest absolute Gasteiger partial charge is 0.390 e. The third kappa shape index (κ3) is 9.95. The maximum atomic E-state index is 13.5. The van der Waals surface area contributed by atoms with E-state index < -0.39 is 18.2 Å². The van der Waals surface area contributed by atoms with Crippen LogP contribution in [0.5, 0.6) is 0 Å². The number of fused-ring (bicyclic) bond motifs is 1. The van der Waals surface area contributed by atoms with E-state index in [0.717, 1.165) is 35.6 Å². The van der Waals surface area contributed by atoms with Crippen LogP contribution < -0.4 is 16.0 Å². The number of nitrogens with zero attached hydrogens (tertiary/aromatic N) is 1. The van der Waals surface area contributed by atoms with Crippen molar-refractivity contribution in [1.29, 1.82) is 0 Å². The molecular formula is C31H47ClN4O5. The molecule has 0 radical (unpaired) electrons. The van der Waals surface area contributed by atoms with Crippen molar-refractivity contribution in [3.63, 3.8) is 0 Å². The summed E-state index contributed by atoms with van der Waals surface area (Å²) in [5, 5.41) is 21.5. The third-order valence-corrected chi connectivity index (χ3v) is 7.69. The van der Waals surface area contributed by atoms with Crippen LogP contribution in [0.15, 0.2) is 42.5 Å². The van der Waals surface area contributed by atoms with Crippen LogP contribution in [0.3, 0.4) is 0 Å². The van der Waals surface area contributed by atoms with E-state index in [-0.39, 0.29) is 55.1 Å². The number of nitrogens with one attached hydrogen (secondary N) is 3.